The van der Waals surface area contributed by atoms with E-state index in [1.54, 1.807) is 12.1 Å². The molecule has 5 nitrogen and oxygen atoms in total. The van der Waals surface area contributed by atoms with Gasteiger partial charge in [-0.3, -0.25) is 0 Å². The summed E-state index contributed by atoms with van der Waals surface area (Å²) < 4.78 is 13.1. The van der Waals surface area contributed by atoms with Crippen LogP contribution in [0.3, 0.4) is 0 Å². The highest BCUT2D eigenvalue weighted by molar-refractivity contribution is 5.88. The normalized spacial score (nSPS) is 10.9. The van der Waals surface area contributed by atoms with E-state index in [1.807, 2.05) is 12.1 Å². The topological polar surface area (TPSA) is 76.7 Å². The first-order chi connectivity index (χ1) is 11.7. The average Bonchev–Trinajstić information content (AvgIpc) is 2.59. The second kappa shape index (κ2) is 7.21. The van der Waals surface area contributed by atoms with Gasteiger partial charge >= 0.3 is 0 Å². The van der Waals surface area contributed by atoms with Gasteiger partial charge in [-0.1, -0.05) is 19.8 Å². The van der Waals surface area contributed by atoms with Gasteiger partial charge in [0, 0.05) is 12.1 Å². The highest BCUT2D eigenvalue weighted by Gasteiger charge is 2.10. The fourth-order valence-corrected chi connectivity index (χ4v) is 2.52. The first-order valence-corrected chi connectivity index (χ1v) is 8.11. The van der Waals surface area contributed by atoms with Crippen molar-refractivity contribution in [3.8, 4) is 11.3 Å². The number of fused-ring (bicyclic) bond motifs is 1. The lowest BCUT2D eigenvalue weighted by atomic mass is 10.1. The van der Waals surface area contributed by atoms with E-state index in [9.17, 15) is 4.39 Å². The number of halogens is 1. The number of anilines is 2. The van der Waals surface area contributed by atoms with Crippen molar-refractivity contribution in [2.24, 2.45) is 0 Å². The van der Waals surface area contributed by atoms with Gasteiger partial charge in [0.2, 0.25) is 5.95 Å². The number of aromatic nitrogens is 3. The summed E-state index contributed by atoms with van der Waals surface area (Å²) in [6.07, 6.45) is 3.36. The van der Waals surface area contributed by atoms with E-state index in [2.05, 4.69) is 27.2 Å². The SMILES string of the molecule is CCCCCNc1nc(N)nc2ccc(-c3ccc(F)cc3)nc12. The Bertz CT molecular complexity index is 833. The Labute approximate surface area is 140 Å². The third-order valence-electron chi connectivity index (χ3n) is 3.77. The fourth-order valence-electron chi connectivity index (χ4n) is 2.52. The van der Waals surface area contributed by atoms with E-state index in [4.69, 9.17) is 5.73 Å². The minimum atomic E-state index is -0.270. The summed E-state index contributed by atoms with van der Waals surface area (Å²) in [5.74, 6) is 0.586. The summed E-state index contributed by atoms with van der Waals surface area (Å²) >= 11 is 0. The molecule has 0 unspecified atom stereocenters. The summed E-state index contributed by atoms with van der Waals surface area (Å²) in [5.41, 5.74) is 8.73. The summed E-state index contributed by atoms with van der Waals surface area (Å²) in [7, 11) is 0. The maximum Gasteiger partial charge on any atom is 0.222 e. The zero-order valence-corrected chi connectivity index (χ0v) is 13.6. The standard InChI is InChI=1S/C18H20FN5/c1-2-3-4-11-21-17-16-15(23-18(20)24-17)10-9-14(22-16)12-5-7-13(19)8-6-12/h5-10H,2-4,11H2,1H3,(H3,20,21,23,24). The Hall–Kier alpha value is -2.76. The smallest absolute Gasteiger partial charge is 0.222 e. The quantitative estimate of drug-likeness (QED) is 0.670. The highest BCUT2D eigenvalue weighted by atomic mass is 19.1. The Morgan fingerprint density at radius 1 is 1.00 bits per heavy atom. The molecule has 0 aliphatic carbocycles. The summed E-state index contributed by atoms with van der Waals surface area (Å²) in [5, 5.41) is 3.30. The maximum absolute atomic E-state index is 13.1. The minimum absolute atomic E-state index is 0.219. The van der Waals surface area contributed by atoms with Crippen molar-refractivity contribution in [2.45, 2.75) is 26.2 Å². The first kappa shape index (κ1) is 16.1. The predicted molar refractivity (Wildman–Crippen MR) is 95.2 cm³/mol. The van der Waals surface area contributed by atoms with Gasteiger partial charge in [-0.15, -0.1) is 0 Å². The van der Waals surface area contributed by atoms with Crippen molar-refractivity contribution in [2.75, 3.05) is 17.6 Å². The number of benzene rings is 1. The molecule has 0 saturated heterocycles. The van der Waals surface area contributed by atoms with E-state index in [0.717, 1.165) is 37.1 Å². The molecule has 6 heteroatoms. The van der Waals surface area contributed by atoms with Gasteiger partial charge in [-0.2, -0.15) is 4.98 Å². The van der Waals surface area contributed by atoms with Gasteiger partial charge in [0.1, 0.15) is 11.3 Å². The Morgan fingerprint density at radius 3 is 2.54 bits per heavy atom. The van der Waals surface area contributed by atoms with E-state index in [0.29, 0.717) is 16.9 Å². The number of pyridine rings is 1. The van der Waals surface area contributed by atoms with Crippen molar-refractivity contribution < 1.29 is 4.39 Å². The number of nitrogens with zero attached hydrogens (tertiary/aromatic N) is 3. The highest BCUT2D eigenvalue weighted by Crippen LogP contribution is 2.24. The van der Waals surface area contributed by atoms with Crippen LogP contribution in [0.2, 0.25) is 0 Å². The monoisotopic (exact) mass is 325 g/mol. The van der Waals surface area contributed by atoms with E-state index >= 15 is 0 Å². The summed E-state index contributed by atoms with van der Waals surface area (Å²) in [6, 6.07) is 9.96. The average molecular weight is 325 g/mol. The lowest BCUT2D eigenvalue weighted by Gasteiger charge is -2.10. The fraction of sp³-hybridized carbons (Fsp3) is 0.278. The number of unbranched alkanes of at least 4 members (excludes halogenated alkanes) is 2. The molecule has 0 bridgehead atoms. The molecule has 0 spiro atoms. The molecule has 0 aliphatic rings. The molecule has 24 heavy (non-hydrogen) atoms. The van der Waals surface area contributed by atoms with Gasteiger partial charge in [-0.05, 0) is 42.8 Å². The second-order valence-electron chi connectivity index (χ2n) is 5.64. The third kappa shape index (κ3) is 3.59. The lowest BCUT2D eigenvalue weighted by Crippen LogP contribution is -2.07. The van der Waals surface area contributed by atoms with E-state index < -0.39 is 0 Å². The van der Waals surface area contributed by atoms with Gasteiger partial charge in [0.15, 0.2) is 5.82 Å². The van der Waals surface area contributed by atoms with Crippen molar-refractivity contribution >= 4 is 22.8 Å². The molecule has 0 aliphatic heterocycles. The number of rotatable bonds is 6. The van der Waals surface area contributed by atoms with Crippen molar-refractivity contribution in [1.29, 1.82) is 0 Å². The lowest BCUT2D eigenvalue weighted by molar-refractivity contribution is 0.628. The van der Waals surface area contributed by atoms with Crippen LogP contribution < -0.4 is 11.1 Å². The molecule has 124 valence electrons. The van der Waals surface area contributed by atoms with Crippen molar-refractivity contribution in [1.82, 2.24) is 15.0 Å². The van der Waals surface area contributed by atoms with Crippen LogP contribution in [0.25, 0.3) is 22.3 Å². The van der Waals surface area contributed by atoms with Gasteiger partial charge in [0.25, 0.3) is 0 Å². The molecule has 3 aromatic rings. The maximum atomic E-state index is 13.1. The van der Waals surface area contributed by atoms with Gasteiger partial charge in [0.05, 0.1) is 11.2 Å². The number of hydrogen-bond acceptors (Lipinski definition) is 5. The number of nitrogen functional groups attached to an aromatic ring is 1. The van der Waals surface area contributed by atoms with Gasteiger partial charge < -0.3 is 11.1 Å². The summed E-state index contributed by atoms with van der Waals surface area (Å²) in [4.78, 5) is 13.2. The molecular formula is C18H20FN5. The molecule has 0 amide bonds. The molecule has 3 N–H and O–H groups in total. The van der Waals surface area contributed by atoms with E-state index in [-0.39, 0.29) is 11.8 Å². The minimum Gasteiger partial charge on any atom is -0.368 e. The van der Waals surface area contributed by atoms with Crippen LogP contribution in [0.4, 0.5) is 16.2 Å². The van der Waals surface area contributed by atoms with Gasteiger partial charge in [-0.25, -0.2) is 14.4 Å². The Balaban J connectivity index is 1.97. The molecule has 2 heterocycles. The third-order valence-corrected chi connectivity index (χ3v) is 3.77. The molecule has 0 atom stereocenters. The second-order valence-corrected chi connectivity index (χ2v) is 5.64. The zero-order valence-electron chi connectivity index (χ0n) is 13.6. The van der Waals surface area contributed by atoms with Crippen LogP contribution in [-0.4, -0.2) is 21.5 Å². The molecule has 0 radical (unpaired) electrons. The predicted octanol–water partition coefficient (Wildman–Crippen LogP) is 4.02. The molecule has 3 rings (SSSR count). The summed E-state index contributed by atoms with van der Waals surface area (Å²) in [6.45, 7) is 2.97. The molecule has 1 aromatic carbocycles. The van der Waals surface area contributed by atoms with Crippen LogP contribution in [0, 0.1) is 5.82 Å². The largest absolute Gasteiger partial charge is 0.368 e. The number of nitrogens with two attached hydrogens (primary N) is 1. The number of nitrogens with one attached hydrogen (secondary N) is 1. The van der Waals surface area contributed by atoms with E-state index in [1.165, 1.54) is 12.1 Å². The molecule has 2 aromatic heterocycles. The van der Waals surface area contributed by atoms with Crippen LogP contribution in [0.15, 0.2) is 36.4 Å². The molecule has 0 saturated carbocycles. The first-order valence-electron chi connectivity index (χ1n) is 8.11. The van der Waals surface area contributed by atoms with Crippen LogP contribution >= 0.6 is 0 Å². The Morgan fingerprint density at radius 2 is 1.79 bits per heavy atom. The Kier molecular flexibility index (Phi) is 4.84. The molecule has 0 fully saturated rings. The molecular weight excluding hydrogens is 305 g/mol. The van der Waals surface area contributed by atoms with Crippen LogP contribution in [-0.2, 0) is 0 Å². The van der Waals surface area contributed by atoms with Crippen molar-refractivity contribution in [3.63, 3.8) is 0 Å². The van der Waals surface area contributed by atoms with Crippen LogP contribution in [0.1, 0.15) is 26.2 Å². The van der Waals surface area contributed by atoms with Crippen LogP contribution in [0.5, 0.6) is 0 Å². The van der Waals surface area contributed by atoms with Crippen molar-refractivity contribution in [3.05, 3.63) is 42.2 Å². The zero-order chi connectivity index (χ0) is 16.9. The number of hydrogen-bond donors (Lipinski definition) is 2.